The van der Waals surface area contributed by atoms with E-state index in [0.29, 0.717) is 17.3 Å². The minimum Gasteiger partial charge on any atom is -0.323 e. The maximum atomic E-state index is 13.8. The molecule has 0 fully saturated rings. The molecule has 33 heavy (non-hydrogen) atoms. The van der Waals surface area contributed by atoms with Crippen LogP contribution in [0.2, 0.25) is 0 Å². The fourth-order valence-corrected chi connectivity index (χ4v) is 8.69. The molecule has 6 N–H and O–H groups in total. The maximum Gasteiger partial charge on any atom is 0.368 e. The Bertz CT molecular complexity index is 693. The minimum atomic E-state index is -5.68. The average Bonchev–Trinajstić information content (AvgIpc) is 2.68. The molecule has 0 aliphatic rings. The van der Waals surface area contributed by atoms with Gasteiger partial charge in [-0.15, -0.1) is 0 Å². The summed E-state index contributed by atoms with van der Waals surface area (Å²) in [6.45, 7) is 0. The Morgan fingerprint density at radius 3 is 1.09 bits per heavy atom. The van der Waals surface area contributed by atoms with Crippen LogP contribution in [0.5, 0.6) is 0 Å². The van der Waals surface area contributed by atoms with E-state index in [9.17, 15) is 18.6 Å². The Labute approximate surface area is 259 Å². The summed E-state index contributed by atoms with van der Waals surface area (Å²) in [4.78, 5) is 38.4. The Morgan fingerprint density at radius 2 is 0.909 bits per heavy atom. The maximum absolute atomic E-state index is 13.8. The summed E-state index contributed by atoms with van der Waals surface area (Å²) in [5.74, 6) is -2.10. The number of nitrogens with two attached hydrogens (primary N) is 3. The van der Waals surface area contributed by atoms with Crippen LogP contribution < -0.4 is 17.2 Å². The molecule has 3 atom stereocenters. The zero-order chi connectivity index (χ0) is 26.2. The highest BCUT2D eigenvalue weighted by Crippen LogP contribution is 2.44. The number of carbonyl (C=O) groups is 3. The normalized spacial score (nSPS) is 18.5. The van der Waals surface area contributed by atoms with Crippen molar-refractivity contribution < 1.29 is 31.1 Å². The summed E-state index contributed by atoms with van der Waals surface area (Å²) in [5, 5.41) is 0. The van der Waals surface area contributed by atoms with Crippen LogP contribution in [-0.4, -0.2) is 68.8 Å². The predicted octanol–water partition coefficient (Wildman–Crippen LogP) is 3.06. The van der Waals surface area contributed by atoms with Crippen LogP contribution >= 0.6 is 124 Å². The second kappa shape index (κ2) is 14.5. The summed E-state index contributed by atoms with van der Waals surface area (Å²) in [7, 11) is -5.68. The van der Waals surface area contributed by atoms with Crippen molar-refractivity contribution in [2.24, 2.45) is 17.2 Å². The zero-order valence-electron chi connectivity index (χ0n) is 18.0. The van der Waals surface area contributed by atoms with E-state index < -0.39 is 35.6 Å². The van der Waals surface area contributed by atoms with Crippen molar-refractivity contribution >= 4 is 149 Å². The van der Waals surface area contributed by atoms with Crippen molar-refractivity contribution in [2.45, 2.75) is 29.9 Å². The number of rotatable bonds is 15. The second-order valence-corrected chi connectivity index (χ2v) is 21.5. The lowest BCUT2D eigenvalue weighted by molar-refractivity contribution is -0.145. The molecular formula is C15H27I4N3O7S4. The van der Waals surface area contributed by atoms with Gasteiger partial charge in [0.2, 0.25) is 0 Å². The van der Waals surface area contributed by atoms with Gasteiger partial charge in [0, 0.05) is 0 Å². The van der Waals surface area contributed by atoms with E-state index in [2.05, 4.69) is 0 Å². The van der Waals surface area contributed by atoms with Crippen molar-refractivity contribution in [1.82, 2.24) is 0 Å². The fraction of sp³-hybridized carbons (Fsp3) is 0.800. The Hall–Kier alpha value is 2.41. The van der Waals surface area contributed by atoms with E-state index in [1.54, 1.807) is 67.8 Å². The third kappa shape index (κ3) is 12.7. The molecule has 0 radical (unpaired) electrons. The van der Waals surface area contributed by atoms with Crippen LogP contribution in [0.3, 0.4) is 0 Å². The van der Waals surface area contributed by atoms with Crippen LogP contribution in [0.4, 0.5) is 0 Å². The summed E-state index contributed by atoms with van der Waals surface area (Å²) < 4.78 is 24.2. The lowest BCUT2D eigenvalue weighted by Crippen LogP contribution is -2.55. The number of alkyl halides is 3. The number of halogens is 4. The third-order valence-electron chi connectivity index (χ3n) is 3.66. The van der Waals surface area contributed by atoms with Gasteiger partial charge in [0.25, 0.3) is 0 Å². The molecule has 0 bridgehead atoms. The SMILES string of the molecule is CSCCC(N)(I)C(=O)OS(=O)(I)(OC(=O)C(N)(I)CCSC)OC(=O)C(N)(I)CCSC. The Kier molecular flexibility index (Phi) is 15.6. The first-order chi connectivity index (χ1) is 14.8. The quantitative estimate of drug-likeness (QED) is 0.0948. The molecule has 18 heteroatoms. The van der Waals surface area contributed by atoms with Crippen LogP contribution in [0.1, 0.15) is 19.3 Å². The summed E-state index contributed by atoms with van der Waals surface area (Å²) >= 11 is 10.2. The molecule has 0 saturated carbocycles. The van der Waals surface area contributed by atoms with Gasteiger partial charge in [-0.05, 0) is 123 Å². The van der Waals surface area contributed by atoms with E-state index in [1.165, 1.54) is 35.3 Å². The summed E-state index contributed by atoms with van der Waals surface area (Å²) in [6, 6.07) is 0. The van der Waals surface area contributed by atoms with Gasteiger partial charge in [-0.3, -0.25) is 0 Å². The van der Waals surface area contributed by atoms with Crippen molar-refractivity contribution in [3.63, 3.8) is 0 Å². The molecule has 0 heterocycles. The minimum absolute atomic E-state index is 0.149. The van der Waals surface area contributed by atoms with Crippen molar-refractivity contribution in [3.8, 4) is 0 Å². The van der Waals surface area contributed by atoms with Crippen molar-refractivity contribution in [2.75, 3.05) is 36.0 Å². The molecule has 0 aliphatic heterocycles. The molecule has 3 unspecified atom stereocenters. The lowest BCUT2D eigenvalue weighted by atomic mass is 10.2. The van der Waals surface area contributed by atoms with Gasteiger partial charge in [0.05, 0.1) is 0 Å². The van der Waals surface area contributed by atoms with Crippen LogP contribution in [0, 0.1) is 0 Å². The van der Waals surface area contributed by atoms with Gasteiger partial charge in [-0.25, -0.2) is 14.4 Å². The molecule has 196 valence electrons. The third-order valence-corrected chi connectivity index (χ3v) is 11.3. The Balaban J connectivity index is 6.11. The smallest absolute Gasteiger partial charge is 0.323 e. The summed E-state index contributed by atoms with van der Waals surface area (Å²) in [5.41, 5.74) is 18.0. The molecule has 0 saturated heterocycles. The predicted molar refractivity (Wildman–Crippen MR) is 172 cm³/mol. The summed E-state index contributed by atoms with van der Waals surface area (Å²) in [6.07, 6.45) is 5.90. The number of thioether (sulfide) groups is 3. The van der Waals surface area contributed by atoms with Gasteiger partial charge in [-0.1, -0.05) is 0 Å². The van der Waals surface area contributed by atoms with Gasteiger partial charge < -0.3 is 29.8 Å². The van der Waals surface area contributed by atoms with Crippen LogP contribution in [0.25, 0.3) is 0 Å². The highest BCUT2D eigenvalue weighted by atomic mass is 127. The molecule has 10 nitrogen and oxygen atoms in total. The van der Waals surface area contributed by atoms with Crippen LogP contribution in [0.15, 0.2) is 0 Å². The number of carbonyl (C=O) groups excluding carboxylic acids is 3. The lowest BCUT2D eigenvalue weighted by Gasteiger charge is -2.37. The average molecular weight is 997 g/mol. The number of hydrogen-bond acceptors (Lipinski definition) is 13. The largest absolute Gasteiger partial charge is 0.368 e. The van der Waals surface area contributed by atoms with E-state index in [4.69, 9.17) is 29.8 Å². The van der Waals surface area contributed by atoms with Gasteiger partial charge in [-0.2, -0.15) is 39.5 Å². The standard InChI is InChI=1S/C15H27I4N3O7S4/c1-30-7-4-13(16,20)10(23)27-33(19,26,28-11(24)14(17,21)5-8-31-2)29-12(25)15(18,22)6-9-32-3/h4-9,20-22H2,1-3H3. The first-order valence-corrected chi connectivity index (χ1v) is 20.6. The van der Waals surface area contributed by atoms with Crippen LogP contribution in [-0.2, 0) is 34.0 Å². The molecule has 0 spiro atoms. The monoisotopic (exact) mass is 997 g/mol. The first-order valence-electron chi connectivity index (χ1n) is 8.88. The van der Waals surface area contributed by atoms with Gasteiger partial charge in [0.1, 0.15) is 21.2 Å². The topological polar surface area (TPSA) is 174 Å². The molecule has 0 amide bonds. The highest BCUT2D eigenvalue weighted by molar-refractivity contribution is 14.2. The first kappa shape index (κ1) is 35.4. The molecule has 0 rings (SSSR count). The van der Waals surface area contributed by atoms with Gasteiger partial charge in [0.15, 0.2) is 10.6 Å². The molecular weight excluding hydrogens is 970 g/mol. The molecule has 0 aromatic heterocycles. The van der Waals surface area contributed by atoms with Crippen molar-refractivity contribution in [3.05, 3.63) is 0 Å². The highest BCUT2D eigenvalue weighted by Gasteiger charge is 2.54. The molecule has 0 aromatic carbocycles. The second-order valence-electron chi connectivity index (χ2n) is 6.59. The molecule has 0 aliphatic carbocycles. The van der Waals surface area contributed by atoms with E-state index in [1.807, 2.05) is 18.8 Å². The Morgan fingerprint density at radius 1 is 0.697 bits per heavy atom. The molecule has 0 aromatic rings. The number of hydrogen-bond donors (Lipinski definition) is 3. The zero-order valence-corrected chi connectivity index (χ0v) is 29.9. The van der Waals surface area contributed by atoms with Gasteiger partial charge >= 0.3 is 25.0 Å². The van der Waals surface area contributed by atoms with E-state index in [-0.39, 0.29) is 19.3 Å². The van der Waals surface area contributed by atoms with E-state index in [0.717, 1.165) is 21.2 Å². The van der Waals surface area contributed by atoms with E-state index >= 15 is 0 Å². The van der Waals surface area contributed by atoms with Crippen molar-refractivity contribution in [1.29, 1.82) is 0 Å². The fourth-order valence-electron chi connectivity index (χ4n) is 1.68.